The lowest BCUT2D eigenvalue weighted by Gasteiger charge is -2.04. The molecule has 3 N–H and O–H groups in total. The first-order valence-corrected chi connectivity index (χ1v) is 16.2. The Kier molecular flexibility index (Phi) is 38.3. The van der Waals surface area contributed by atoms with E-state index in [1.165, 1.54) is 193 Å². The lowest BCUT2D eigenvalue weighted by Crippen LogP contribution is -3.00. The molecule has 0 atom stereocenters. The molecule has 0 saturated carbocycles. The third-order valence-corrected chi connectivity index (χ3v) is 7.60. The van der Waals surface area contributed by atoms with Gasteiger partial charge in [-0.1, -0.05) is 187 Å². The molecule has 0 amide bonds. The first kappa shape index (κ1) is 36.6. The Hall–Kier alpha value is 0.440. The molecule has 0 aliphatic carbocycles. The zero-order valence-electron chi connectivity index (χ0n) is 24.0. The Labute approximate surface area is 228 Å². The number of unbranched alkanes of at least 4 members (excludes halogenated alkanes) is 29. The SMILES string of the molecule is CCCCCCCCCCCCCCCCCCCCCCCCCCCCCCCC[NH3+].[Br-]. The molecule has 0 aliphatic heterocycles. The van der Waals surface area contributed by atoms with Gasteiger partial charge in [0.15, 0.2) is 0 Å². The van der Waals surface area contributed by atoms with Gasteiger partial charge in [0.05, 0.1) is 6.54 Å². The monoisotopic (exact) mass is 545 g/mol. The normalized spacial score (nSPS) is 11.1. The predicted octanol–water partition coefficient (Wildman–Crippen LogP) is 7.96. The van der Waals surface area contributed by atoms with Crippen molar-refractivity contribution in [3.05, 3.63) is 0 Å². The van der Waals surface area contributed by atoms with Crippen LogP contribution in [0.2, 0.25) is 0 Å². The van der Waals surface area contributed by atoms with E-state index in [4.69, 9.17) is 0 Å². The molecule has 0 fully saturated rings. The summed E-state index contributed by atoms with van der Waals surface area (Å²) in [4.78, 5) is 0. The Bertz CT molecular complexity index is 290. The highest BCUT2D eigenvalue weighted by atomic mass is 79.9. The molecule has 0 heterocycles. The summed E-state index contributed by atoms with van der Waals surface area (Å²) in [5, 5.41) is 0. The summed E-state index contributed by atoms with van der Waals surface area (Å²) < 4.78 is 0. The smallest absolute Gasteiger partial charge is 0.0739 e. The molecular weight excluding hydrogens is 478 g/mol. The Morgan fingerprint density at radius 3 is 0.559 bits per heavy atom. The minimum absolute atomic E-state index is 0. The summed E-state index contributed by atoms with van der Waals surface area (Å²) in [5.74, 6) is 0. The van der Waals surface area contributed by atoms with Gasteiger partial charge in [0.25, 0.3) is 0 Å². The standard InChI is InChI=1S/C32H67N.BrH/c1-2-3-4-5-6-7-8-9-10-11-12-13-14-15-16-17-18-19-20-21-22-23-24-25-26-27-28-29-30-31-32-33;/h2-33H2,1H3;1H. The van der Waals surface area contributed by atoms with E-state index in [1.807, 2.05) is 0 Å². The van der Waals surface area contributed by atoms with Crippen LogP contribution < -0.4 is 22.7 Å². The molecule has 0 bridgehead atoms. The van der Waals surface area contributed by atoms with E-state index >= 15 is 0 Å². The van der Waals surface area contributed by atoms with Crippen LogP contribution in [0.4, 0.5) is 0 Å². The summed E-state index contributed by atoms with van der Waals surface area (Å²) in [7, 11) is 0. The maximum atomic E-state index is 3.92. The van der Waals surface area contributed by atoms with Crippen LogP contribution in [0.3, 0.4) is 0 Å². The van der Waals surface area contributed by atoms with E-state index in [0.717, 1.165) is 6.54 Å². The van der Waals surface area contributed by atoms with Crippen LogP contribution in [0.15, 0.2) is 0 Å². The lowest BCUT2D eigenvalue weighted by molar-refractivity contribution is -0.368. The molecular formula is C32H68BrN. The number of hydrogen-bond donors (Lipinski definition) is 1. The van der Waals surface area contributed by atoms with Gasteiger partial charge in [-0.2, -0.15) is 0 Å². The third-order valence-electron chi connectivity index (χ3n) is 7.60. The lowest BCUT2D eigenvalue weighted by atomic mass is 10.0. The second kappa shape index (κ2) is 35.6. The predicted molar refractivity (Wildman–Crippen MR) is 152 cm³/mol. The highest BCUT2D eigenvalue weighted by Crippen LogP contribution is 2.16. The van der Waals surface area contributed by atoms with Gasteiger partial charge < -0.3 is 22.7 Å². The summed E-state index contributed by atoms with van der Waals surface area (Å²) in [6.45, 7) is 3.43. The Morgan fingerprint density at radius 1 is 0.265 bits per heavy atom. The second-order valence-corrected chi connectivity index (χ2v) is 11.1. The molecule has 208 valence electrons. The van der Waals surface area contributed by atoms with Crippen LogP contribution in [-0.4, -0.2) is 6.54 Å². The van der Waals surface area contributed by atoms with Crippen molar-refractivity contribution in [1.82, 2.24) is 0 Å². The fourth-order valence-corrected chi connectivity index (χ4v) is 5.20. The van der Waals surface area contributed by atoms with Crippen LogP contribution in [0.1, 0.15) is 200 Å². The van der Waals surface area contributed by atoms with Crippen LogP contribution >= 0.6 is 0 Å². The van der Waals surface area contributed by atoms with Crippen molar-refractivity contribution >= 4 is 0 Å². The minimum Gasteiger partial charge on any atom is -1.00 e. The van der Waals surface area contributed by atoms with Gasteiger partial charge in [-0.3, -0.25) is 0 Å². The van der Waals surface area contributed by atoms with Crippen molar-refractivity contribution in [2.45, 2.75) is 200 Å². The van der Waals surface area contributed by atoms with Crippen molar-refractivity contribution in [2.24, 2.45) is 0 Å². The van der Waals surface area contributed by atoms with E-state index in [0.29, 0.717) is 0 Å². The average Bonchev–Trinajstić information content (AvgIpc) is 2.83. The Morgan fingerprint density at radius 2 is 0.412 bits per heavy atom. The van der Waals surface area contributed by atoms with Crippen LogP contribution in [0, 0.1) is 0 Å². The highest BCUT2D eigenvalue weighted by Gasteiger charge is 1.96. The van der Waals surface area contributed by atoms with E-state index < -0.39 is 0 Å². The largest absolute Gasteiger partial charge is 1.00 e. The number of quaternary nitrogens is 1. The summed E-state index contributed by atoms with van der Waals surface area (Å²) in [5.41, 5.74) is 3.92. The van der Waals surface area contributed by atoms with E-state index in [1.54, 1.807) is 0 Å². The van der Waals surface area contributed by atoms with Crippen molar-refractivity contribution < 1.29 is 22.7 Å². The summed E-state index contributed by atoms with van der Waals surface area (Å²) in [6, 6.07) is 0. The highest BCUT2D eigenvalue weighted by molar-refractivity contribution is 4.52. The number of rotatable bonds is 30. The van der Waals surface area contributed by atoms with Crippen molar-refractivity contribution in [3.8, 4) is 0 Å². The van der Waals surface area contributed by atoms with Gasteiger partial charge in [-0.25, -0.2) is 0 Å². The minimum atomic E-state index is 0. The van der Waals surface area contributed by atoms with Crippen LogP contribution in [-0.2, 0) is 0 Å². The second-order valence-electron chi connectivity index (χ2n) is 11.1. The van der Waals surface area contributed by atoms with Gasteiger partial charge in [-0.15, -0.1) is 0 Å². The molecule has 0 radical (unpaired) electrons. The molecule has 0 spiro atoms. The quantitative estimate of drug-likeness (QED) is 0.0886. The summed E-state index contributed by atoms with van der Waals surface area (Å²) >= 11 is 0. The van der Waals surface area contributed by atoms with Gasteiger partial charge in [0.1, 0.15) is 0 Å². The first-order chi connectivity index (χ1) is 16.4. The van der Waals surface area contributed by atoms with Gasteiger partial charge >= 0.3 is 0 Å². The van der Waals surface area contributed by atoms with Crippen LogP contribution in [0.25, 0.3) is 0 Å². The Balaban J connectivity index is 0. The van der Waals surface area contributed by atoms with Crippen molar-refractivity contribution in [3.63, 3.8) is 0 Å². The van der Waals surface area contributed by atoms with Gasteiger partial charge in [0.2, 0.25) is 0 Å². The van der Waals surface area contributed by atoms with E-state index in [2.05, 4.69) is 12.7 Å². The zero-order valence-corrected chi connectivity index (χ0v) is 25.6. The van der Waals surface area contributed by atoms with E-state index in [-0.39, 0.29) is 17.0 Å². The molecule has 0 aliphatic rings. The molecule has 0 aromatic heterocycles. The fourth-order valence-electron chi connectivity index (χ4n) is 5.20. The van der Waals surface area contributed by atoms with Crippen molar-refractivity contribution in [2.75, 3.05) is 6.54 Å². The van der Waals surface area contributed by atoms with Crippen molar-refractivity contribution in [1.29, 1.82) is 0 Å². The van der Waals surface area contributed by atoms with Gasteiger partial charge in [-0.05, 0) is 12.8 Å². The molecule has 2 heteroatoms. The topological polar surface area (TPSA) is 27.6 Å². The molecule has 0 saturated heterocycles. The molecule has 34 heavy (non-hydrogen) atoms. The fraction of sp³-hybridized carbons (Fsp3) is 1.00. The molecule has 0 aromatic rings. The molecule has 0 aromatic carbocycles. The molecule has 1 nitrogen and oxygen atoms in total. The molecule has 0 rings (SSSR count). The average molecular weight is 547 g/mol. The number of hydrogen-bond acceptors (Lipinski definition) is 0. The zero-order chi connectivity index (χ0) is 23.9. The molecule has 0 unspecified atom stereocenters. The first-order valence-electron chi connectivity index (χ1n) is 16.2. The number of halogens is 1. The third kappa shape index (κ3) is 34.6. The van der Waals surface area contributed by atoms with Crippen LogP contribution in [0.5, 0.6) is 0 Å². The maximum Gasteiger partial charge on any atom is 0.0739 e. The van der Waals surface area contributed by atoms with E-state index in [9.17, 15) is 0 Å². The maximum absolute atomic E-state index is 3.92. The van der Waals surface area contributed by atoms with Gasteiger partial charge in [0, 0.05) is 0 Å². The summed E-state index contributed by atoms with van der Waals surface area (Å²) in [6.07, 6.45) is 44.1.